The number of hydrogen-bond acceptors (Lipinski definition) is 4. The van der Waals surface area contributed by atoms with Crippen LogP contribution in [0.3, 0.4) is 0 Å². The molecule has 1 amide bonds. The van der Waals surface area contributed by atoms with Crippen molar-refractivity contribution in [2.75, 3.05) is 49.5 Å². The van der Waals surface area contributed by atoms with Gasteiger partial charge in [-0.05, 0) is 62.1 Å². The van der Waals surface area contributed by atoms with Gasteiger partial charge in [0, 0.05) is 44.4 Å². The lowest BCUT2D eigenvalue weighted by molar-refractivity contribution is -0.116. The van der Waals surface area contributed by atoms with Gasteiger partial charge < -0.3 is 15.0 Å². The summed E-state index contributed by atoms with van der Waals surface area (Å²) in [6, 6.07) is 10.0. The SMILES string of the molecule is Cc1cc(Cl)c(Cl)c(N2CCN(CCCCOc3ccc4c(c3)NC(=O)CC4)CC2)c1. The van der Waals surface area contributed by atoms with E-state index in [2.05, 4.69) is 27.2 Å². The Balaban J connectivity index is 1.17. The van der Waals surface area contributed by atoms with Crippen molar-refractivity contribution in [3.63, 3.8) is 0 Å². The van der Waals surface area contributed by atoms with E-state index in [1.165, 1.54) is 5.56 Å². The number of nitrogens with one attached hydrogen (secondary N) is 1. The van der Waals surface area contributed by atoms with Crippen LogP contribution in [0.25, 0.3) is 0 Å². The third kappa shape index (κ3) is 5.65. The second-order valence-electron chi connectivity index (χ2n) is 8.33. The lowest BCUT2D eigenvalue weighted by Crippen LogP contribution is -2.46. The molecule has 166 valence electrons. The fraction of sp³-hybridized carbons (Fsp3) is 0.458. The zero-order valence-electron chi connectivity index (χ0n) is 17.9. The van der Waals surface area contributed by atoms with E-state index in [1.807, 2.05) is 25.1 Å². The number of fused-ring (bicyclic) bond motifs is 1. The highest BCUT2D eigenvalue weighted by Gasteiger charge is 2.20. The van der Waals surface area contributed by atoms with Crippen LogP contribution in [0.1, 0.15) is 30.4 Å². The summed E-state index contributed by atoms with van der Waals surface area (Å²) in [6.07, 6.45) is 3.47. The summed E-state index contributed by atoms with van der Waals surface area (Å²) in [4.78, 5) is 16.4. The Morgan fingerprint density at radius 1 is 1.03 bits per heavy atom. The number of carbonyl (C=O) groups excluding carboxylic acids is 1. The maximum Gasteiger partial charge on any atom is 0.224 e. The summed E-state index contributed by atoms with van der Waals surface area (Å²) in [6.45, 7) is 7.75. The number of hydrogen-bond donors (Lipinski definition) is 1. The zero-order chi connectivity index (χ0) is 21.8. The quantitative estimate of drug-likeness (QED) is 0.577. The van der Waals surface area contributed by atoms with E-state index < -0.39 is 0 Å². The molecule has 0 aromatic heterocycles. The maximum atomic E-state index is 11.6. The molecule has 5 nitrogen and oxygen atoms in total. The topological polar surface area (TPSA) is 44.8 Å². The van der Waals surface area contributed by atoms with Crippen molar-refractivity contribution in [2.24, 2.45) is 0 Å². The smallest absolute Gasteiger partial charge is 0.224 e. The Morgan fingerprint density at radius 3 is 2.65 bits per heavy atom. The van der Waals surface area contributed by atoms with E-state index >= 15 is 0 Å². The van der Waals surface area contributed by atoms with E-state index in [4.69, 9.17) is 27.9 Å². The van der Waals surface area contributed by atoms with E-state index in [-0.39, 0.29) is 5.91 Å². The number of anilines is 2. The van der Waals surface area contributed by atoms with E-state index in [9.17, 15) is 4.79 Å². The molecule has 0 atom stereocenters. The summed E-state index contributed by atoms with van der Waals surface area (Å²) in [7, 11) is 0. The van der Waals surface area contributed by atoms with Crippen molar-refractivity contribution in [1.29, 1.82) is 0 Å². The van der Waals surface area contributed by atoms with Crippen molar-refractivity contribution >= 4 is 40.5 Å². The molecule has 0 radical (unpaired) electrons. The standard InChI is InChI=1S/C24H29Cl2N3O2/c1-17-14-20(25)24(26)22(15-17)29-11-9-28(10-12-29)8-2-3-13-31-19-6-4-18-5-7-23(30)27-21(18)16-19/h4,6,14-16H,2-3,5,7-13H2,1H3,(H,27,30). The number of amides is 1. The molecule has 1 fully saturated rings. The average Bonchev–Trinajstić information content (AvgIpc) is 2.76. The van der Waals surface area contributed by atoms with Crippen LogP contribution in [0.4, 0.5) is 11.4 Å². The second-order valence-corrected chi connectivity index (χ2v) is 9.12. The van der Waals surface area contributed by atoms with Gasteiger partial charge in [-0.3, -0.25) is 9.69 Å². The molecule has 2 aliphatic heterocycles. The van der Waals surface area contributed by atoms with Crippen LogP contribution >= 0.6 is 23.2 Å². The molecule has 2 heterocycles. The summed E-state index contributed by atoms with van der Waals surface area (Å²) < 4.78 is 5.90. The summed E-state index contributed by atoms with van der Waals surface area (Å²) in [5, 5.41) is 4.20. The Bertz CT molecular complexity index is 943. The van der Waals surface area contributed by atoms with Gasteiger partial charge in [0.2, 0.25) is 5.91 Å². The monoisotopic (exact) mass is 461 g/mol. The molecule has 0 spiro atoms. The Morgan fingerprint density at radius 2 is 1.84 bits per heavy atom. The highest BCUT2D eigenvalue weighted by atomic mass is 35.5. The van der Waals surface area contributed by atoms with Gasteiger partial charge in [-0.1, -0.05) is 29.3 Å². The number of unbranched alkanes of at least 4 members (excludes halogenated alkanes) is 1. The predicted molar refractivity (Wildman–Crippen MR) is 128 cm³/mol. The van der Waals surface area contributed by atoms with E-state index in [0.717, 1.165) is 74.7 Å². The number of rotatable bonds is 7. The van der Waals surface area contributed by atoms with Crippen molar-refractivity contribution in [3.05, 3.63) is 51.5 Å². The Kier molecular flexibility index (Phi) is 7.26. The first-order valence-corrected chi connectivity index (χ1v) is 11.7. The van der Waals surface area contributed by atoms with E-state index in [0.29, 0.717) is 23.1 Å². The molecule has 0 aliphatic carbocycles. The van der Waals surface area contributed by atoms with Crippen molar-refractivity contribution in [3.8, 4) is 5.75 Å². The largest absolute Gasteiger partial charge is 0.494 e. The van der Waals surface area contributed by atoms with Crippen LogP contribution in [-0.4, -0.2) is 50.1 Å². The summed E-state index contributed by atoms with van der Waals surface area (Å²) in [5.74, 6) is 0.903. The molecule has 7 heteroatoms. The molecule has 2 aromatic carbocycles. The van der Waals surface area contributed by atoms with Crippen LogP contribution in [0.5, 0.6) is 5.75 Å². The van der Waals surface area contributed by atoms with Gasteiger partial charge in [-0.15, -0.1) is 0 Å². The minimum absolute atomic E-state index is 0.0810. The lowest BCUT2D eigenvalue weighted by Gasteiger charge is -2.36. The molecule has 1 saturated heterocycles. The lowest BCUT2D eigenvalue weighted by atomic mass is 10.0. The number of nitrogens with zero attached hydrogens (tertiary/aromatic N) is 2. The van der Waals surface area contributed by atoms with Crippen LogP contribution in [0.15, 0.2) is 30.3 Å². The minimum Gasteiger partial charge on any atom is -0.494 e. The Hall–Kier alpha value is -1.95. The van der Waals surface area contributed by atoms with Crippen molar-refractivity contribution < 1.29 is 9.53 Å². The minimum atomic E-state index is 0.0810. The number of carbonyl (C=O) groups is 1. The highest BCUT2D eigenvalue weighted by molar-refractivity contribution is 6.43. The van der Waals surface area contributed by atoms with Gasteiger partial charge in [0.15, 0.2) is 0 Å². The Labute approximate surface area is 194 Å². The van der Waals surface area contributed by atoms with Gasteiger partial charge >= 0.3 is 0 Å². The van der Waals surface area contributed by atoms with Crippen LogP contribution in [0, 0.1) is 6.92 Å². The number of aryl methyl sites for hydroxylation is 2. The number of benzene rings is 2. The predicted octanol–water partition coefficient (Wildman–Crippen LogP) is 5.17. The highest BCUT2D eigenvalue weighted by Crippen LogP contribution is 2.34. The van der Waals surface area contributed by atoms with Crippen LogP contribution < -0.4 is 15.0 Å². The van der Waals surface area contributed by atoms with Crippen LogP contribution in [-0.2, 0) is 11.2 Å². The molecule has 1 N–H and O–H groups in total. The van der Waals surface area contributed by atoms with Gasteiger partial charge in [0.25, 0.3) is 0 Å². The first kappa shape index (κ1) is 22.3. The molecule has 31 heavy (non-hydrogen) atoms. The van der Waals surface area contributed by atoms with Gasteiger partial charge in [0.1, 0.15) is 5.75 Å². The number of ether oxygens (including phenoxy) is 1. The molecule has 4 rings (SSSR count). The van der Waals surface area contributed by atoms with Gasteiger partial charge in [-0.25, -0.2) is 0 Å². The summed E-state index contributed by atoms with van der Waals surface area (Å²) >= 11 is 12.7. The van der Waals surface area contributed by atoms with Crippen molar-refractivity contribution in [1.82, 2.24) is 4.90 Å². The first-order chi connectivity index (χ1) is 15.0. The molecule has 0 saturated carbocycles. The maximum absolute atomic E-state index is 11.6. The number of piperazine rings is 1. The molecule has 0 unspecified atom stereocenters. The fourth-order valence-corrected chi connectivity index (χ4v) is 4.71. The first-order valence-electron chi connectivity index (χ1n) is 11.0. The van der Waals surface area contributed by atoms with E-state index in [1.54, 1.807) is 0 Å². The fourth-order valence-electron chi connectivity index (χ4n) is 4.22. The molecular weight excluding hydrogens is 433 g/mol. The number of halogens is 2. The average molecular weight is 462 g/mol. The molecular formula is C24H29Cl2N3O2. The van der Waals surface area contributed by atoms with Crippen molar-refractivity contribution in [2.45, 2.75) is 32.6 Å². The normalized spacial score (nSPS) is 16.7. The third-order valence-corrected chi connectivity index (χ3v) is 6.77. The second kappa shape index (κ2) is 10.1. The molecule has 0 bridgehead atoms. The summed E-state index contributed by atoms with van der Waals surface area (Å²) in [5.41, 5.74) is 4.25. The third-order valence-electron chi connectivity index (χ3n) is 5.98. The molecule has 2 aromatic rings. The van der Waals surface area contributed by atoms with Gasteiger partial charge in [0.05, 0.1) is 22.3 Å². The van der Waals surface area contributed by atoms with Crippen LogP contribution in [0.2, 0.25) is 10.0 Å². The zero-order valence-corrected chi connectivity index (χ0v) is 19.4. The molecule has 2 aliphatic rings. The van der Waals surface area contributed by atoms with Gasteiger partial charge in [-0.2, -0.15) is 0 Å².